The third kappa shape index (κ3) is 4.08. The van der Waals surface area contributed by atoms with E-state index in [1.54, 1.807) is 41.8 Å². The van der Waals surface area contributed by atoms with Gasteiger partial charge in [0.1, 0.15) is 0 Å². The minimum atomic E-state index is -0.320. The van der Waals surface area contributed by atoms with E-state index in [4.69, 9.17) is 11.6 Å². The van der Waals surface area contributed by atoms with Gasteiger partial charge in [0, 0.05) is 5.02 Å². The van der Waals surface area contributed by atoms with E-state index in [0.717, 1.165) is 5.56 Å². The molecule has 0 aliphatic carbocycles. The first-order valence-electron chi connectivity index (χ1n) is 5.52. The number of halogens is 1. The first-order chi connectivity index (χ1) is 9.15. The molecule has 0 aliphatic heterocycles. The Labute approximate surface area is 119 Å². The van der Waals surface area contributed by atoms with Crippen molar-refractivity contribution in [1.29, 1.82) is 0 Å². The van der Waals surface area contributed by atoms with Crippen molar-refractivity contribution in [2.75, 3.05) is 0 Å². The number of hydrogen-bond donors (Lipinski definition) is 2. The summed E-state index contributed by atoms with van der Waals surface area (Å²) in [6.07, 6.45) is 0.182. The Morgan fingerprint density at radius 3 is 2.47 bits per heavy atom. The number of carbonyl (C=O) groups is 2. The molecule has 19 heavy (non-hydrogen) atoms. The molecule has 6 heteroatoms. The standard InChI is InChI=1S/C13H11ClN2O2S/c14-10-5-3-9(4-6-10)8-12(17)15-16-13(18)11-2-1-7-19-11/h1-7H,8H2,(H,15,17)(H,16,18). The monoisotopic (exact) mass is 294 g/mol. The number of rotatable bonds is 3. The fourth-order valence-electron chi connectivity index (χ4n) is 1.43. The van der Waals surface area contributed by atoms with Crippen molar-refractivity contribution in [2.45, 2.75) is 6.42 Å². The fourth-order valence-corrected chi connectivity index (χ4v) is 2.17. The maximum Gasteiger partial charge on any atom is 0.279 e. The quantitative estimate of drug-likeness (QED) is 0.854. The Kier molecular flexibility index (Phi) is 4.54. The highest BCUT2D eigenvalue weighted by Gasteiger charge is 2.08. The second-order valence-electron chi connectivity index (χ2n) is 3.78. The number of nitrogens with one attached hydrogen (secondary N) is 2. The van der Waals surface area contributed by atoms with Crippen LogP contribution >= 0.6 is 22.9 Å². The molecule has 2 N–H and O–H groups in total. The minimum Gasteiger partial charge on any atom is -0.273 e. The minimum absolute atomic E-state index is 0.182. The Morgan fingerprint density at radius 1 is 1.11 bits per heavy atom. The van der Waals surface area contributed by atoms with E-state index >= 15 is 0 Å². The van der Waals surface area contributed by atoms with Crippen molar-refractivity contribution in [3.05, 3.63) is 57.2 Å². The van der Waals surface area contributed by atoms with Gasteiger partial charge in [0.15, 0.2) is 0 Å². The molecule has 0 atom stereocenters. The molecule has 0 aliphatic rings. The van der Waals surface area contributed by atoms with Gasteiger partial charge in [-0.25, -0.2) is 0 Å². The zero-order valence-corrected chi connectivity index (χ0v) is 11.4. The number of hydrogen-bond acceptors (Lipinski definition) is 3. The Balaban J connectivity index is 1.82. The molecule has 4 nitrogen and oxygen atoms in total. The number of thiophene rings is 1. The van der Waals surface area contributed by atoms with Crippen LogP contribution in [0.3, 0.4) is 0 Å². The van der Waals surface area contributed by atoms with Crippen molar-refractivity contribution < 1.29 is 9.59 Å². The van der Waals surface area contributed by atoms with Gasteiger partial charge in [-0.15, -0.1) is 11.3 Å². The van der Waals surface area contributed by atoms with Crippen LogP contribution in [0.4, 0.5) is 0 Å². The summed E-state index contributed by atoms with van der Waals surface area (Å²) >= 11 is 7.06. The topological polar surface area (TPSA) is 58.2 Å². The molecule has 2 aromatic rings. The zero-order chi connectivity index (χ0) is 13.7. The highest BCUT2D eigenvalue weighted by atomic mass is 35.5. The maximum absolute atomic E-state index is 11.6. The van der Waals surface area contributed by atoms with Gasteiger partial charge >= 0.3 is 0 Å². The fraction of sp³-hybridized carbons (Fsp3) is 0.0769. The van der Waals surface area contributed by atoms with Crippen LogP contribution < -0.4 is 10.9 Å². The highest BCUT2D eigenvalue weighted by Crippen LogP contribution is 2.10. The largest absolute Gasteiger partial charge is 0.279 e. The normalized spacial score (nSPS) is 9.95. The smallest absolute Gasteiger partial charge is 0.273 e. The van der Waals surface area contributed by atoms with Gasteiger partial charge in [-0.05, 0) is 29.1 Å². The zero-order valence-electron chi connectivity index (χ0n) is 9.85. The van der Waals surface area contributed by atoms with Crippen LogP contribution in [0.2, 0.25) is 5.02 Å². The molecule has 0 saturated heterocycles. The van der Waals surface area contributed by atoms with Gasteiger partial charge in [-0.3, -0.25) is 20.4 Å². The molecule has 98 valence electrons. The van der Waals surface area contributed by atoms with E-state index in [1.165, 1.54) is 11.3 Å². The van der Waals surface area contributed by atoms with E-state index in [2.05, 4.69) is 10.9 Å². The second-order valence-corrected chi connectivity index (χ2v) is 5.17. The molecule has 0 fully saturated rings. The highest BCUT2D eigenvalue weighted by molar-refractivity contribution is 7.12. The van der Waals surface area contributed by atoms with Crippen LogP contribution in [0.15, 0.2) is 41.8 Å². The summed E-state index contributed by atoms with van der Waals surface area (Å²) in [7, 11) is 0. The lowest BCUT2D eigenvalue weighted by atomic mass is 10.1. The molecule has 2 rings (SSSR count). The van der Waals surface area contributed by atoms with Crippen LogP contribution in [0, 0.1) is 0 Å². The average molecular weight is 295 g/mol. The first-order valence-corrected chi connectivity index (χ1v) is 6.78. The molecule has 0 bridgehead atoms. The number of carbonyl (C=O) groups excluding carboxylic acids is 2. The van der Waals surface area contributed by atoms with E-state index in [-0.39, 0.29) is 18.2 Å². The van der Waals surface area contributed by atoms with Gasteiger partial charge in [-0.1, -0.05) is 29.8 Å². The summed E-state index contributed by atoms with van der Waals surface area (Å²) in [6, 6.07) is 10.4. The molecule has 1 heterocycles. The maximum atomic E-state index is 11.6. The molecule has 1 aromatic heterocycles. The second kappa shape index (κ2) is 6.36. The summed E-state index contributed by atoms with van der Waals surface area (Å²) in [5.74, 6) is -0.605. The lowest BCUT2D eigenvalue weighted by Gasteiger charge is -2.06. The molecule has 1 aromatic carbocycles. The third-order valence-electron chi connectivity index (χ3n) is 2.34. The Bertz CT molecular complexity index is 567. The molecular formula is C13H11ClN2O2S. The van der Waals surface area contributed by atoms with Crippen molar-refractivity contribution in [1.82, 2.24) is 10.9 Å². The van der Waals surface area contributed by atoms with Gasteiger partial charge < -0.3 is 0 Å². The lowest BCUT2D eigenvalue weighted by Crippen LogP contribution is -2.42. The lowest BCUT2D eigenvalue weighted by molar-refractivity contribution is -0.121. The number of benzene rings is 1. The molecule has 0 saturated carbocycles. The average Bonchev–Trinajstić information content (AvgIpc) is 2.93. The van der Waals surface area contributed by atoms with Crippen LogP contribution in [-0.4, -0.2) is 11.8 Å². The van der Waals surface area contributed by atoms with Crippen LogP contribution in [0.5, 0.6) is 0 Å². The number of amides is 2. The molecule has 0 radical (unpaired) electrons. The van der Waals surface area contributed by atoms with Gasteiger partial charge in [0.05, 0.1) is 11.3 Å². The number of hydrazine groups is 1. The Hall–Kier alpha value is -1.85. The van der Waals surface area contributed by atoms with Gasteiger partial charge in [0.2, 0.25) is 5.91 Å². The molecule has 0 spiro atoms. The van der Waals surface area contributed by atoms with Gasteiger partial charge in [-0.2, -0.15) is 0 Å². The van der Waals surface area contributed by atoms with Crippen LogP contribution in [-0.2, 0) is 11.2 Å². The molecular weight excluding hydrogens is 284 g/mol. The van der Waals surface area contributed by atoms with E-state index in [9.17, 15) is 9.59 Å². The van der Waals surface area contributed by atoms with Crippen LogP contribution in [0.1, 0.15) is 15.2 Å². The predicted molar refractivity (Wildman–Crippen MR) is 75.1 cm³/mol. The summed E-state index contributed by atoms with van der Waals surface area (Å²) < 4.78 is 0. The molecule has 0 unspecified atom stereocenters. The van der Waals surface area contributed by atoms with E-state index in [1.807, 2.05) is 0 Å². The molecule has 2 amide bonds. The van der Waals surface area contributed by atoms with Crippen molar-refractivity contribution >= 4 is 34.8 Å². The van der Waals surface area contributed by atoms with E-state index < -0.39 is 0 Å². The summed E-state index contributed by atoms with van der Waals surface area (Å²) in [5, 5.41) is 2.42. The van der Waals surface area contributed by atoms with Gasteiger partial charge in [0.25, 0.3) is 5.91 Å². The summed E-state index contributed by atoms with van der Waals surface area (Å²) in [4.78, 5) is 23.7. The SMILES string of the molecule is O=C(Cc1ccc(Cl)cc1)NNC(=O)c1cccs1. The van der Waals surface area contributed by atoms with Crippen molar-refractivity contribution in [3.8, 4) is 0 Å². The summed E-state index contributed by atoms with van der Waals surface area (Å²) in [6.45, 7) is 0. The van der Waals surface area contributed by atoms with Crippen molar-refractivity contribution in [2.24, 2.45) is 0 Å². The van der Waals surface area contributed by atoms with Crippen molar-refractivity contribution in [3.63, 3.8) is 0 Å². The van der Waals surface area contributed by atoms with E-state index in [0.29, 0.717) is 9.90 Å². The first kappa shape index (κ1) is 13.6. The van der Waals surface area contributed by atoms with Crippen LogP contribution in [0.25, 0.3) is 0 Å². The predicted octanol–water partition coefficient (Wildman–Crippen LogP) is 2.41. The Morgan fingerprint density at radius 2 is 1.84 bits per heavy atom. The summed E-state index contributed by atoms with van der Waals surface area (Å²) in [5.41, 5.74) is 5.56. The third-order valence-corrected chi connectivity index (χ3v) is 3.46.